The topological polar surface area (TPSA) is 98.1 Å². The van der Waals surface area contributed by atoms with Gasteiger partial charge in [-0.3, -0.25) is 5.43 Å². The number of nitrogens with one attached hydrogen (secondary N) is 1. The van der Waals surface area contributed by atoms with Crippen LogP contribution in [0.4, 0.5) is 5.82 Å². The molecule has 0 unspecified atom stereocenters. The van der Waals surface area contributed by atoms with Crippen LogP contribution in [-0.2, 0) is 10.0 Å². The monoisotopic (exact) mass is 417 g/mol. The SMILES string of the molecule is CC/C(=N\Nc1ccc(S(=O)(=O)N2CCN(C)CC2)cn1)c1cc(C)ccc1O. The van der Waals surface area contributed by atoms with Crippen LogP contribution in [0.2, 0.25) is 0 Å². The van der Waals surface area contributed by atoms with Gasteiger partial charge in [-0.05, 0) is 44.7 Å². The number of aromatic nitrogens is 1. The van der Waals surface area contributed by atoms with Crippen LogP contribution in [0.3, 0.4) is 0 Å². The number of piperazine rings is 1. The highest BCUT2D eigenvalue weighted by Gasteiger charge is 2.27. The van der Waals surface area contributed by atoms with Gasteiger partial charge in [-0.2, -0.15) is 9.41 Å². The van der Waals surface area contributed by atoms with Gasteiger partial charge in [0.15, 0.2) is 0 Å². The van der Waals surface area contributed by atoms with Crippen LogP contribution in [0.1, 0.15) is 24.5 Å². The number of anilines is 1. The Hall–Kier alpha value is -2.49. The molecule has 0 aliphatic carbocycles. The zero-order valence-corrected chi connectivity index (χ0v) is 17.8. The molecule has 0 bridgehead atoms. The van der Waals surface area contributed by atoms with Crippen LogP contribution in [0.25, 0.3) is 0 Å². The van der Waals surface area contributed by atoms with Gasteiger partial charge < -0.3 is 10.0 Å². The van der Waals surface area contributed by atoms with Crippen molar-refractivity contribution >= 4 is 21.6 Å². The summed E-state index contributed by atoms with van der Waals surface area (Å²) in [5, 5.41) is 14.5. The van der Waals surface area contributed by atoms with Gasteiger partial charge >= 0.3 is 0 Å². The normalized spacial score (nSPS) is 16.7. The number of nitrogens with zero attached hydrogens (tertiary/aromatic N) is 4. The van der Waals surface area contributed by atoms with Gasteiger partial charge in [0.25, 0.3) is 0 Å². The number of rotatable bonds is 6. The van der Waals surface area contributed by atoms with Crippen LogP contribution in [0, 0.1) is 6.92 Å². The third-order valence-corrected chi connectivity index (χ3v) is 6.82. The second-order valence-corrected chi connectivity index (χ2v) is 9.07. The fourth-order valence-electron chi connectivity index (χ4n) is 3.11. The predicted octanol–water partition coefficient (Wildman–Crippen LogP) is 2.26. The smallest absolute Gasteiger partial charge is 0.244 e. The molecule has 1 saturated heterocycles. The number of pyridine rings is 1. The van der Waals surface area contributed by atoms with Gasteiger partial charge in [-0.15, -0.1) is 0 Å². The van der Waals surface area contributed by atoms with Crippen molar-refractivity contribution in [2.45, 2.75) is 25.2 Å². The van der Waals surface area contributed by atoms with Gasteiger partial charge in [0, 0.05) is 37.9 Å². The van der Waals surface area contributed by atoms with E-state index in [1.165, 1.54) is 16.6 Å². The summed E-state index contributed by atoms with van der Waals surface area (Å²) in [7, 11) is -1.56. The molecule has 0 atom stereocenters. The first-order valence-electron chi connectivity index (χ1n) is 9.58. The van der Waals surface area contributed by atoms with Crippen molar-refractivity contribution in [2.75, 3.05) is 38.7 Å². The number of hydrogen-bond donors (Lipinski definition) is 2. The van der Waals surface area contributed by atoms with E-state index in [1.807, 2.05) is 33.0 Å². The Balaban J connectivity index is 1.74. The van der Waals surface area contributed by atoms with E-state index in [-0.39, 0.29) is 10.6 Å². The number of hydrogen-bond acceptors (Lipinski definition) is 7. The Morgan fingerprint density at radius 3 is 2.55 bits per heavy atom. The summed E-state index contributed by atoms with van der Waals surface area (Å²) in [6.07, 6.45) is 1.96. The number of phenolic OH excluding ortho intramolecular Hbond substituents is 1. The molecule has 8 nitrogen and oxygen atoms in total. The number of hydrazone groups is 1. The molecule has 3 rings (SSSR count). The minimum atomic E-state index is -3.54. The van der Waals surface area contributed by atoms with Crippen LogP contribution >= 0.6 is 0 Å². The Morgan fingerprint density at radius 1 is 1.21 bits per heavy atom. The van der Waals surface area contributed by atoms with E-state index in [0.717, 1.165) is 5.56 Å². The molecule has 1 aliphatic heterocycles. The van der Waals surface area contributed by atoms with Crippen LogP contribution < -0.4 is 5.43 Å². The molecule has 156 valence electrons. The van der Waals surface area contributed by atoms with Crippen molar-refractivity contribution in [3.8, 4) is 5.75 Å². The number of benzene rings is 1. The third-order valence-electron chi connectivity index (χ3n) is 4.94. The Kier molecular flexibility index (Phi) is 6.51. The third kappa shape index (κ3) is 4.92. The van der Waals surface area contributed by atoms with E-state index in [1.54, 1.807) is 12.1 Å². The maximum absolute atomic E-state index is 12.8. The lowest BCUT2D eigenvalue weighted by atomic mass is 10.0. The molecular weight excluding hydrogens is 390 g/mol. The number of likely N-dealkylation sites (N-methyl/N-ethyl adjacent to an activating group) is 1. The van der Waals surface area contributed by atoms with Gasteiger partial charge in [-0.25, -0.2) is 13.4 Å². The Morgan fingerprint density at radius 2 is 1.93 bits per heavy atom. The Labute approximate surface area is 171 Å². The lowest BCUT2D eigenvalue weighted by Crippen LogP contribution is -2.47. The van der Waals surface area contributed by atoms with Crippen molar-refractivity contribution in [1.29, 1.82) is 0 Å². The largest absolute Gasteiger partial charge is 0.507 e. The summed E-state index contributed by atoms with van der Waals surface area (Å²) in [4.78, 5) is 6.47. The predicted molar refractivity (Wildman–Crippen MR) is 114 cm³/mol. The summed E-state index contributed by atoms with van der Waals surface area (Å²) in [5.41, 5.74) is 5.22. The van der Waals surface area contributed by atoms with Gasteiger partial charge in [0.2, 0.25) is 10.0 Å². The molecule has 29 heavy (non-hydrogen) atoms. The molecule has 2 aromatic rings. The highest BCUT2D eigenvalue weighted by atomic mass is 32.2. The van der Waals surface area contributed by atoms with E-state index in [9.17, 15) is 13.5 Å². The molecule has 1 fully saturated rings. The average Bonchev–Trinajstić information content (AvgIpc) is 2.71. The Bertz CT molecular complexity index is 982. The van der Waals surface area contributed by atoms with Gasteiger partial charge in [0.05, 0.1) is 5.71 Å². The maximum atomic E-state index is 12.8. The molecule has 2 N–H and O–H groups in total. The molecule has 0 spiro atoms. The van der Waals surface area contributed by atoms with Crippen LogP contribution in [0.15, 0.2) is 46.5 Å². The summed E-state index contributed by atoms with van der Waals surface area (Å²) < 4.78 is 27.0. The first-order chi connectivity index (χ1) is 13.8. The fourth-order valence-corrected chi connectivity index (χ4v) is 4.48. The number of phenols is 1. The molecule has 1 aromatic heterocycles. The first kappa shape index (κ1) is 21.2. The molecule has 0 radical (unpaired) electrons. The summed E-state index contributed by atoms with van der Waals surface area (Å²) in [6.45, 7) is 6.28. The summed E-state index contributed by atoms with van der Waals surface area (Å²) in [5.74, 6) is 0.597. The molecule has 1 aliphatic rings. The molecule has 2 heterocycles. The summed E-state index contributed by atoms with van der Waals surface area (Å²) in [6, 6.07) is 8.48. The van der Waals surface area contributed by atoms with Crippen molar-refractivity contribution in [1.82, 2.24) is 14.2 Å². The first-order valence-corrected chi connectivity index (χ1v) is 11.0. The lowest BCUT2D eigenvalue weighted by molar-refractivity contribution is 0.222. The van der Waals surface area contributed by atoms with Crippen molar-refractivity contribution in [3.05, 3.63) is 47.7 Å². The highest BCUT2D eigenvalue weighted by molar-refractivity contribution is 7.89. The summed E-state index contributed by atoms with van der Waals surface area (Å²) >= 11 is 0. The minimum absolute atomic E-state index is 0.166. The second-order valence-electron chi connectivity index (χ2n) is 7.13. The van der Waals surface area contributed by atoms with Crippen molar-refractivity contribution in [2.24, 2.45) is 5.10 Å². The van der Waals surface area contributed by atoms with E-state index >= 15 is 0 Å². The molecule has 0 amide bonds. The van der Waals surface area contributed by atoms with E-state index in [4.69, 9.17) is 0 Å². The highest BCUT2D eigenvalue weighted by Crippen LogP contribution is 2.21. The van der Waals surface area contributed by atoms with Crippen LogP contribution in [0.5, 0.6) is 5.75 Å². The minimum Gasteiger partial charge on any atom is -0.507 e. The number of sulfonamides is 1. The quantitative estimate of drug-likeness (QED) is 0.553. The zero-order chi connectivity index (χ0) is 21.0. The van der Waals surface area contributed by atoms with Crippen molar-refractivity contribution in [3.63, 3.8) is 0 Å². The number of aromatic hydroxyl groups is 1. The van der Waals surface area contributed by atoms with E-state index < -0.39 is 10.0 Å². The lowest BCUT2D eigenvalue weighted by Gasteiger charge is -2.31. The van der Waals surface area contributed by atoms with E-state index in [2.05, 4.69) is 20.4 Å². The number of aryl methyl sites for hydroxylation is 1. The molecule has 0 saturated carbocycles. The maximum Gasteiger partial charge on any atom is 0.244 e. The molecular formula is C20H27N5O3S. The molecule has 9 heteroatoms. The standard InChI is InChI=1S/C20H27N5O3S/c1-4-18(17-13-15(2)5-7-19(17)26)22-23-20-8-6-16(14-21-20)29(27,28)25-11-9-24(3)10-12-25/h5-8,13-14,26H,4,9-12H2,1-3H3,(H,21,23)/b22-18+. The zero-order valence-electron chi connectivity index (χ0n) is 17.0. The van der Waals surface area contributed by atoms with Crippen molar-refractivity contribution < 1.29 is 13.5 Å². The van der Waals surface area contributed by atoms with Gasteiger partial charge in [0.1, 0.15) is 16.5 Å². The van der Waals surface area contributed by atoms with E-state index in [0.29, 0.717) is 49.7 Å². The molecule has 1 aromatic carbocycles. The fraction of sp³-hybridized carbons (Fsp3) is 0.400. The second kappa shape index (κ2) is 8.89. The van der Waals surface area contributed by atoms with Crippen LogP contribution in [-0.4, -0.2) is 66.7 Å². The average molecular weight is 418 g/mol. The van der Waals surface area contributed by atoms with Gasteiger partial charge in [-0.1, -0.05) is 18.6 Å².